The minimum absolute atomic E-state index is 0.0726. The molecule has 0 aliphatic heterocycles. The first-order valence-corrected chi connectivity index (χ1v) is 7.30. The van der Waals surface area contributed by atoms with Crippen molar-refractivity contribution in [2.45, 2.75) is 13.8 Å². The van der Waals surface area contributed by atoms with Gasteiger partial charge in [0.25, 0.3) is 11.6 Å². The number of amides is 1. The Kier molecular flexibility index (Phi) is 5.33. The van der Waals surface area contributed by atoms with E-state index in [1.807, 2.05) is 0 Å². The van der Waals surface area contributed by atoms with E-state index < -0.39 is 23.4 Å². The predicted molar refractivity (Wildman–Crippen MR) is 89.6 cm³/mol. The minimum atomic E-state index is -0.790. The zero-order valence-electron chi connectivity index (χ0n) is 13.6. The van der Waals surface area contributed by atoms with Gasteiger partial charge in [-0.25, -0.2) is 4.79 Å². The topological polar surface area (TPSA) is 119 Å². The third-order valence-electron chi connectivity index (χ3n) is 3.59. The van der Waals surface area contributed by atoms with Crippen LogP contribution in [0.5, 0.6) is 5.75 Å². The molecule has 2 aromatic carbocycles. The average molecular weight is 344 g/mol. The molecule has 2 N–H and O–H groups in total. The summed E-state index contributed by atoms with van der Waals surface area (Å²) in [6.07, 6.45) is 0. The molecule has 0 aliphatic rings. The number of rotatable bonds is 5. The average Bonchev–Trinajstić information content (AvgIpc) is 2.56. The summed E-state index contributed by atoms with van der Waals surface area (Å²) in [5.41, 5.74) is 1.25. The maximum atomic E-state index is 12.0. The fourth-order valence-electron chi connectivity index (χ4n) is 2.13. The van der Waals surface area contributed by atoms with Crippen molar-refractivity contribution in [2.24, 2.45) is 0 Å². The summed E-state index contributed by atoms with van der Waals surface area (Å²) >= 11 is 0. The lowest BCUT2D eigenvalue weighted by Crippen LogP contribution is -2.22. The third kappa shape index (κ3) is 4.31. The van der Waals surface area contributed by atoms with Crippen molar-refractivity contribution < 1.29 is 24.4 Å². The Balaban J connectivity index is 2.07. The molecule has 0 unspecified atom stereocenters. The van der Waals surface area contributed by atoms with Crippen molar-refractivity contribution in [1.29, 1.82) is 0 Å². The Hall–Kier alpha value is -3.42. The van der Waals surface area contributed by atoms with Crippen LogP contribution < -0.4 is 5.32 Å². The van der Waals surface area contributed by atoms with Gasteiger partial charge in [0.05, 0.1) is 10.5 Å². The molecule has 2 aromatic rings. The maximum absolute atomic E-state index is 12.0. The van der Waals surface area contributed by atoms with E-state index >= 15 is 0 Å². The molecule has 2 rings (SSSR count). The van der Waals surface area contributed by atoms with Crippen LogP contribution in [-0.2, 0) is 9.53 Å². The first kappa shape index (κ1) is 17.9. The summed E-state index contributed by atoms with van der Waals surface area (Å²) in [6.45, 7) is 2.80. The largest absolute Gasteiger partial charge is 0.508 e. The van der Waals surface area contributed by atoms with Crippen LogP contribution in [0.15, 0.2) is 36.4 Å². The van der Waals surface area contributed by atoms with Gasteiger partial charge in [0.1, 0.15) is 11.4 Å². The van der Waals surface area contributed by atoms with Crippen molar-refractivity contribution in [3.05, 3.63) is 63.2 Å². The van der Waals surface area contributed by atoms with E-state index in [0.29, 0.717) is 5.56 Å². The summed E-state index contributed by atoms with van der Waals surface area (Å²) in [4.78, 5) is 34.3. The number of carbonyl (C=O) groups excluding carboxylic acids is 2. The lowest BCUT2D eigenvalue weighted by atomic mass is 10.1. The number of nitro benzene ring substituents is 1. The molecule has 8 nitrogen and oxygen atoms in total. The number of phenolic OH excluding ortho intramolecular Hbond substituents is 1. The van der Waals surface area contributed by atoms with Gasteiger partial charge in [0.15, 0.2) is 6.61 Å². The number of nitro groups is 1. The number of ether oxygens (including phenoxy) is 1. The van der Waals surface area contributed by atoms with Crippen LogP contribution in [-0.4, -0.2) is 28.5 Å². The quantitative estimate of drug-likeness (QED) is 0.489. The van der Waals surface area contributed by atoms with E-state index in [1.54, 1.807) is 19.9 Å². The van der Waals surface area contributed by atoms with E-state index in [0.717, 1.165) is 5.56 Å². The number of carbonyl (C=O) groups is 2. The van der Waals surface area contributed by atoms with Crippen molar-refractivity contribution in [3.63, 3.8) is 0 Å². The van der Waals surface area contributed by atoms with E-state index in [4.69, 9.17) is 4.74 Å². The van der Waals surface area contributed by atoms with Crippen LogP contribution in [0.4, 0.5) is 11.4 Å². The zero-order chi connectivity index (χ0) is 18.6. The van der Waals surface area contributed by atoms with E-state index in [9.17, 15) is 24.8 Å². The third-order valence-corrected chi connectivity index (χ3v) is 3.59. The van der Waals surface area contributed by atoms with Crippen molar-refractivity contribution in [1.82, 2.24) is 0 Å². The van der Waals surface area contributed by atoms with Gasteiger partial charge >= 0.3 is 5.97 Å². The Bertz CT molecular complexity index is 847. The van der Waals surface area contributed by atoms with Crippen LogP contribution in [0.2, 0.25) is 0 Å². The molecule has 1 amide bonds. The van der Waals surface area contributed by atoms with Gasteiger partial charge in [-0.3, -0.25) is 14.9 Å². The highest BCUT2D eigenvalue weighted by Gasteiger charge is 2.20. The molecule has 0 heterocycles. The molecule has 0 aromatic heterocycles. The number of hydrogen-bond donors (Lipinski definition) is 2. The molecule has 0 radical (unpaired) electrons. The zero-order valence-corrected chi connectivity index (χ0v) is 13.6. The van der Waals surface area contributed by atoms with Crippen LogP contribution in [0.1, 0.15) is 21.5 Å². The summed E-state index contributed by atoms with van der Waals surface area (Å²) in [5, 5.41) is 22.8. The second-order valence-electron chi connectivity index (χ2n) is 5.33. The second kappa shape index (κ2) is 7.43. The number of benzene rings is 2. The first-order valence-electron chi connectivity index (χ1n) is 7.30. The van der Waals surface area contributed by atoms with Gasteiger partial charge in [0, 0.05) is 6.07 Å². The molecule has 0 saturated heterocycles. The van der Waals surface area contributed by atoms with Crippen LogP contribution in [0.25, 0.3) is 0 Å². The lowest BCUT2D eigenvalue weighted by molar-refractivity contribution is -0.384. The van der Waals surface area contributed by atoms with Gasteiger partial charge in [0.2, 0.25) is 0 Å². The summed E-state index contributed by atoms with van der Waals surface area (Å²) in [7, 11) is 0. The van der Waals surface area contributed by atoms with Gasteiger partial charge in [-0.05, 0) is 43.2 Å². The van der Waals surface area contributed by atoms with Crippen molar-refractivity contribution >= 4 is 23.3 Å². The number of anilines is 1. The van der Waals surface area contributed by atoms with Crippen molar-refractivity contribution in [3.8, 4) is 5.75 Å². The molecule has 0 aliphatic carbocycles. The summed E-state index contributed by atoms with van der Waals surface area (Å²) < 4.78 is 4.86. The lowest BCUT2D eigenvalue weighted by Gasteiger charge is -2.11. The van der Waals surface area contributed by atoms with Crippen LogP contribution in [0.3, 0.4) is 0 Å². The highest BCUT2D eigenvalue weighted by atomic mass is 16.6. The molecule has 8 heteroatoms. The Morgan fingerprint density at radius 2 is 1.96 bits per heavy atom. The van der Waals surface area contributed by atoms with Gasteiger partial charge in [-0.2, -0.15) is 0 Å². The van der Waals surface area contributed by atoms with Gasteiger partial charge < -0.3 is 15.2 Å². The number of nitrogens with zero attached hydrogens (tertiary/aromatic N) is 1. The number of esters is 1. The number of hydrogen-bond acceptors (Lipinski definition) is 6. The Labute approximate surface area is 143 Å². The summed E-state index contributed by atoms with van der Waals surface area (Å²) in [6, 6.07) is 8.38. The van der Waals surface area contributed by atoms with E-state index in [1.165, 1.54) is 30.3 Å². The van der Waals surface area contributed by atoms with Crippen LogP contribution in [0, 0.1) is 24.0 Å². The minimum Gasteiger partial charge on any atom is -0.508 e. The Morgan fingerprint density at radius 3 is 2.60 bits per heavy atom. The normalized spacial score (nSPS) is 10.2. The standard InChI is InChI=1S/C17H16N2O6/c1-10-6-7-14(19(23)24)16(11(10)2)18-15(21)9-25-17(22)12-4-3-5-13(20)8-12/h3-8,20H,9H2,1-2H3,(H,18,21). The summed E-state index contributed by atoms with van der Waals surface area (Å²) in [5.74, 6) is -1.60. The van der Waals surface area contributed by atoms with Gasteiger partial charge in [-0.1, -0.05) is 12.1 Å². The molecule has 25 heavy (non-hydrogen) atoms. The SMILES string of the molecule is Cc1ccc([N+](=O)[O-])c(NC(=O)COC(=O)c2cccc(O)c2)c1C. The smallest absolute Gasteiger partial charge is 0.338 e. The van der Waals surface area contributed by atoms with Gasteiger partial charge in [-0.15, -0.1) is 0 Å². The Morgan fingerprint density at radius 1 is 1.24 bits per heavy atom. The molecule has 0 bridgehead atoms. The molecule has 0 saturated carbocycles. The second-order valence-corrected chi connectivity index (χ2v) is 5.33. The molecule has 130 valence electrons. The fourth-order valence-corrected chi connectivity index (χ4v) is 2.13. The molecular weight excluding hydrogens is 328 g/mol. The van der Waals surface area contributed by atoms with Crippen molar-refractivity contribution in [2.75, 3.05) is 11.9 Å². The van der Waals surface area contributed by atoms with E-state index in [2.05, 4.69) is 5.32 Å². The fraction of sp³-hybridized carbons (Fsp3) is 0.176. The highest BCUT2D eigenvalue weighted by molar-refractivity contribution is 5.97. The number of aromatic hydroxyl groups is 1. The maximum Gasteiger partial charge on any atom is 0.338 e. The molecular formula is C17H16N2O6. The molecule has 0 spiro atoms. The first-order chi connectivity index (χ1) is 11.8. The number of phenols is 1. The molecule has 0 atom stereocenters. The predicted octanol–water partition coefficient (Wildman–Crippen LogP) is 2.71. The number of nitrogens with one attached hydrogen (secondary N) is 1. The number of aryl methyl sites for hydroxylation is 1. The monoisotopic (exact) mass is 344 g/mol. The molecule has 0 fully saturated rings. The van der Waals surface area contributed by atoms with Crippen LogP contribution >= 0.6 is 0 Å². The van der Waals surface area contributed by atoms with E-state index in [-0.39, 0.29) is 22.7 Å². The highest BCUT2D eigenvalue weighted by Crippen LogP contribution is 2.30.